The molecule has 0 spiro atoms. The monoisotopic (exact) mass is 469 g/mol. The zero-order valence-corrected chi connectivity index (χ0v) is 20.0. The van der Waals surface area contributed by atoms with Crippen LogP contribution in [0.3, 0.4) is 0 Å². The molecule has 0 aliphatic rings. The molecule has 5 aromatic rings. The third-order valence-corrected chi connectivity index (χ3v) is 5.67. The maximum Gasteiger partial charge on any atom is 0.158 e. The number of pyridine rings is 1. The summed E-state index contributed by atoms with van der Waals surface area (Å²) in [7, 11) is 0. The fraction of sp³-hybridized carbons (Fsp3) is 0.222. The third-order valence-electron chi connectivity index (χ3n) is 5.67. The molecule has 4 heterocycles. The molecule has 35 heavy (non-hydrogen) atoms. The van der Waals surface area contributed by atoms with Crippen LogP contribution in [0.1, 0.15) is 18.2 Å². The maximum atomic E-state index is 6.01. The molecule has 1 aromatic carbocycles. The van der Waals surface area contributed by atoms with Crippen molar-refractivity contribution in [1.82, 2.24) is 19.5 Å². The zero-order chi connectivity index (χ0) is 24.2. The lowest BCUT2D eigenvalue weighted by molar-refractivity contribution is 0.140. The molecule has 0 unspecified atom stereocenters. The summed E-state index contributed by atoms with van der Waals surface area (Å²) in [4.78, 5) is 13.4. The highest BCUT2D eigenvalue weighted by atomic mass is 16.5. The first-order valence-corrected chi connectivity index (χ1v) is 11.6. The first-order chi connectivity index (χ1) is 17.1. The van der Waals surface area contributed by atoms with Gasteiger partial charge in [0.05, 0.1) is 30.3 Å². The van der Waals surface area contributed by atoms with Crippen molar-refractivity contribution >= 4 is 22.5 Å². The standard InChI is InChI=1S/C27H27N5O3/c1-4-33-13-11-32-23(25-6-5-12-34-25)15-22-26(32)27(30-17-29-22)31-20-8-10-24(18(2)14-20)35-21-9-7-19(3)28-16-21/h5-10,12,14-17H,4,11,13H2,1-3H3,(H,29,30,31). The van der Waals surface area contributed by atoms with Gasteiger partial charge in [0.2, 0.25) is 0 Å². The molecule has 0 aliphatic heterocycles. The number of benzene rings is 1. The van der Waals surface area contributed by atoms with Crippen molar-refractivity contribution in [3.05, 3.63) is 78.6 Å². The summed E-state index contributed by atoms with van der Waals surface area (Å²) < 4.78 is 19.5. The van der Waals surface area contributed by atoms with E-state index in [4.69, 9.17) is 13.9 Å². The molecule has 4 aromatic heterocycles. The summed E-state index contributed by atoms with van der Waals surface area (Å²) in [6, 6.07) is 15.6. The van der Waals surface area contributed by atoms with Crippen LogP contribution >= 0.6 is 0 Å². The van der Waals surface area contributed by atoms with Gasteiger partial charge in [-0.15, -0.1) is 0 Å². The average Bonchev–Trinajstić information content (AvgIpc) is 3.51. The molecule has 0 atom stereocenters. The minimum absolute atomic E-state index is 0.571. The molecule has 0 saturated carbocycles. The number of nitrogens with one attached hydrogen (secondary N) is 1. The molecule has 0 saturated heterocycles. The van der Waals surface area contributed by atoms with Crippen LogP contribution in [0.5, 0.6) is 11.5 Å². The zero-order valence-electron chi connectivity index (χ0n) is 20.0. The van der Waals surface area contributed by atoms with Gasteiger partial charge in [-0.1, -0.05) is 0 Å². The van der Waals surface area contributed by atoms with E-state index in [1.807, 2.05) is 69.3 Å². The summed E-state index contributed by atoms with van der Waals surface area (Å²) in [5.41, 5.74) is 5.49. The van der Waals surface area contributed by atoms with Gasteiger partial charge in [-0.25, -0.2) is 9.97 Å². The Labute approximate surface area is 203 Å². The lowest BCUT2D eigenvalue weighted by Crippen LogP contribution is -2.08. The van der Waals surface area contributed by atoms with E-state index in [0.717, 1.165) is 45.2 Å². The quantitative estimate of drug-likeness (QED) is 0.254. The maximum absolute atomic E-state index is 6.01. The second kappa shape index (κ2) is 9.99. The summed E-state index contributed by atoms with van der Waals surface area (Å²) in [5.74, 6) is 2.96. The summed E-state index contributed by atoms with van der Waals surface area (Å²) in [6.45, 7) is 7.82. The van der Waals surface area contributed by atoms with Crippen molar-refractivity contribution < 1.29 is 13.9 Å². The van der Waals surface area contributed by atoms with Gasteiger partial charge in [0, 0.05) is 24.5 Å². The number of hydrogen-bond donors (Lipinski definition) is 1. The lowest BCUT2D eigenvalue weighted by atomic mass is 10.2. The Bertz CT molecular complexity index is 1430. The molecule has 0 aliphatic carbocycles. The Kier molecular flexibility index (Phi) is 6.45. The van der Waals surface area contributed by atoms with Gasteiger partial charge in [0.15, 0.2) is 5.82 Å². The largest absolute Gasteiger partial charge is 0.463 e. The van der Waals surface area contributed by atoms with Crippen LogP contribution in [-0.4, -0.2) is 32.7 Å². The highest BCUT2D eigenvalue weighted by Crippen LogP contribution is 2.33. The lowest BCUT2D eigenvalue weighted by Gasteiger charge is -2.14. The first kappa shape index (κ1) is 22.6. The Balaban J connectivity index is 1.46. The SMILES string of the molecule is CCOCCn1c(-c2ccco2)cc2ncnc(Nc3ccc(Oc4ccc(C)nc4)c(C)c3)c21. The van der Waals surface area contributed by atoms with Crippen LogP contribution in [0.15, 0.2) is 71.7 Å². The van der Waals surface area contributed by atoms with Gasteiger partial charge in [0.25, 0.3) is 0 Å². The van der Waals surface area contributed by atoms with Crippen molar-refractivity contribution in [3.8, 4) is 23.0 Å². The van der Waals surface area contributed by atoms with Gasteiger partial charge in [-0.05, 0) is 74.9 Å². The molecule has 0 radical (unpaired) electrons. The van der Waals surface area contributed by atoms with Crippen LogP contribution in [0.25, 0.3) is 22.5 Å². The van der Waals surface area contributed by atoms with E-state index >= 15 is 0 Å². The van der Waals surface area contributed by atoms with Crippen LogP contribution in [-0.2, 0) is 11.3 Å². The number of rotatable bonds is 9. The number of hydrogen-bond acceptors (Lipinski definition) is 7. The van der Waals surface area contributed by atoms with E-state index in [-0.39, 0.29) is 0 Å². The minimum Gasteiger partial charge on any atom is -0.463 e. The van der Waals surface area contributed by atoms with Crippen molar-refractivity contribution in [2.24, 2.45) is 0 Å². The number of fused-ring (bicyclic) bond motifs is 1. The first-order valence-electron chi connectivity index (χ1n) is 11.6. The summed E-state index contributed by atoms with van der Waals surface area (Å²) >= 11 is 0. The molecule has 178 valence electrons. The van der Waals surface area contributed by atoms with E-state index < -0.39 is 0 Å². The molecule has 0 bridgehead atoms. The van der Waals surface area contributed by atoms with Crippen molar-refractivity contribution in [3.63, 3.8) is 0 Å². The predicted molar refractivity (Wildman–Crippen MR) is 135 cm³/mol. The molecule has 8 heteroatoms. The molecule has 1 N–H and O–H groups in total. The van der Waals surface area contributed by atoms with Gasteiger partial charge in [0.1, 0.15) is 29.1 Å². The smallest absolute Gasteiger partial charge is 0.158 e. The Morgan fingerprint density at radius 1 is 1.03 bits per heavy atom. The van der Waals surface area contributed by atoms with Gasteiger partial charge in [-0.2, -0.15) is 0 Å². The van der Waals surface area contributed by atoms with E-state index in [2.05, 4.69) is 24.8 Å². The molecule has 8 nitrogen and oxygen atoms in total. The number of furan rings is 1. The highest BCUT2D eigenvalue weighted by molar-refractivity contribution is 5.92. The average molecular weight is 470 g/mol. The van der Waals surface area contributed by atoms with E-state index in [1.54, 1.807) is 18.8 Å². The molecular formula is C27H27N5O3. The van der Waals surface area contributed by atoms with Gasteiger partial charge >= 0.3 is 0 Å². The Morgan fingerprint density at radius 2 is 1.94 bits per heavy atom. The molecule has 0 amide bonds. The van der Waals surface area contributed by atoms with Crippen molar-refractivity contribution in [1.29, 1.82) is 0 Å². The normalized spacial score (nSPS) is 11.2. The molecule has 0 fully saturated rings. The number of anilines is 2. The van der Waals surface area contributed by atoms with Crippen LogP contribution < -0.4 is 10.1 Å². The van der Waals surface area contributed by atoms with E-state index in [0.29, 0.717) is 31.3 Å². The topological polar surface area (TPSA) is 87.2 Å². The highest BCUT2D eigenvalue weighted by Gasteiger charge is 2.18. The Morgan fingerprint density at radius 3 is 2.69 bits per heavy atom. The number of aromatic nitrogens is 4. The summed E-state index contributed by atoms with van der Waals surface area (Å²) in [5, 5.41) is 3.46. The van der Waals surface area contributed by atoms with Crippen LogP contribution in [0.2, 0.25) is 0 Å². The fourth-order valence-electron chi connectivity index (χ4n) is 3.96. The minimum atomic E-state index is 0.571. The van der Waals surface area contributed by atoms with E-state index in [9.17, 15) is 0 Å². The van der Waals surface area contributed by atoms with Crippen LogP contribution in [0.4, 0.5) is 11.5 Å². The molecular weight excluding hydrogens is 442 g/mol. The van der Waals surface area contributed by atoms with Crippen LogP contribution in [0, 0.1) is 13.8 Å². The Hall–Kier alpha value is -4.17. The number of nitrogens with zero attached hydrogens (tertiary/aromatic N) is 4. The van der Waals surface area contributed by atoms with E-state index in [1.165, 1.54) is 0 Å². The van der Waals surface area contributed by atoms with Gasteiger partial charge < -0.3 is 23.8 Å². The third kappa shape index (κ3) is 4.88. The number of aryl methyl sites for hydroxylation is 2. The second-order valence-corrected chi connectivity index (χ2v) is 8.15. The van der Waals surface area contributed by atoms with Crippen molar-refractivity contribution in [2.45, 2.75) is 27.3 Å². The molecule has 5 rings (SSSR count). The fourth-order valence-corrected chi connectivity index (χ4v) is 3.96. The predicted octanol–water partition coefficient (Wildman–Crippen LogP) is 6.28. The second-order valence-electron chi connectivity index (χ2n) is 8.15. The number of ether oxygens (including phenoxy) is 2. The van der Waals surface area contributed by atoms with Gasteiger partial charge in [-0.3, -0.25) is 4.98 Å². The summed E-state index contributed by atoms with van der Waals surface area (Å²) in [6.07, 6.45) is 4.97. The van der Waals surface area contributed by atoms with Crippen molar-refractivity contribution in [2.75, 3.05) is 18.5 Å².